The number of hydrogen-bond acceptors (Lipinski definition) is 13. The number of hydrogen-bond donors (Lipinski definition) is 2. The Morgan fingerprint density at radius 3 is 2.28 bits per heavy atom. The summed E-state index contributed by atoms with van der Waals surface area (Å²) in [4.78, 5) is 72.0. The predicted octanol–water partition coefficient (Wildman–Crippen LogP) is 4.92. The summed E-state index contributed by atoms with van der Waals surface area (Å²) in [6.45, 7) is 1.87. The van der Waals surface area contributed by atoms with E-state index < -0.39 is 53.6 Å². The first-order valence-electron chi connectivity index (χ1n) is 15.8. The molecule has 0 bridgehead atoms. The summed E-state index contributed by atoms with van der Waals surface area (Å²) in [5.74, 6) is -3.03. The Labute approximate surface area is 296 Å². The number of carbonyl (C=O) groups is 5. The molecule has 0 radical (unpaired) electrons. The smallest absolute Gasteiger partial charge is 0.409 e. The Hall–Kier alpha value is -4.76. The molecule has 2 aromatic carbocycles. The van der Waals surface area contributed by atoms with Crippen LogP contribution in [0, 0.1) is 5.92 Å². The van der Waals surface area contributed by atoms with E-state index in [-0.39, 0.29) is 77.8 Å². The Morgan fingerprint density at radius 2 is 1.60 bits per heavy atom. The number of rotatable bonds is 12. The van der Waals surface area contributed by atoms with Crippen molar-refractivity contribution in [3.8, 4) is 17.2 Å². The molecular formula is C35H37N3O10S2. The molecule has 264 valence electrons. The van der Waals surface area contributed by atoms with E-state index in [0.29, 0.717) is 5.56 Å². The summed E-state index contributed by atoms with van der Waals surface area (Å²) in [7, 11) is 7.42. The number of ether oxygens (including phenoxy) is 3. The predicted molar refractivity (Wildman–Crippen MR) is 185 cm³/mol. The fourth-order valence-electron chi connectivity index (χ4n) is 5.78. The van der Waals surface area contributed by atoms with Crippen LogP contribution in [0.25, 0.3) is 0 Å². The molecule has 50 heavy (non-hydrogen) atoms. The molecule has 0 saturated carbocycles. The lowest BCUT2D eigenvalue weighted by Gasteiger charge is -2.29. The van der Waals surface area contributed by atoms with Crippen molar-refractivity contribution in [3.63, 3.8) is 0 Å². The normalized spacial score (nSPS) is 15.2. The Kier molecular flexibility index (Phi) is 11.6. The fraction of sp³-hybridized carbons (Fsp3) is 0.371. The SMILES string of the molecule is COc1cccc2c1C(=O)c1c(O)c3c(c(O)c1C2=O)C[C@@H](C(=O)COC(=O)N(C)CCN(C)C(=O)OCC(C)SSc1ccccn1)CC3. The molecule has 1 heterocycles. The minimum absolute atomic E-state index is 0.0146. The number of ketones is 3. The Balaban J connectivity index is 1.11. The van der Waals surface area contributed by atoms with Crippen molar-refractivity contribution in [1.29, 1.82) is 0 Å². The fourth-order valence-corrected chi connectivity index (χ4v) is 7.66. The Morgan fingerprint density at radius 1 is 0.920 bits per heavy atom. The molecule has 15 heteroatoms. The molecule has 13 nitrogen and oxygen atoms in total. The molecule has 0 saturated heterocycles. The van der Waals surface area contributed by atoms with Crippen LogP contribution < -0.4 is 4.74 Å². The third-order valence-corrected chi connectivity index (χ3v) is 11.3. The van der Waals surface area contributed by atoms with Gasteiger partial charge < -0.3 is 34.2 Å². The van der Waals surface area contributed by atoms with Gasteiger partial charge in [-0.05, 0) is 55.2 Å². The zero-order valence-electron chi connectivity index (χ0n) is 28.0. The summed E-state index contributed by atoms with van der Waals surface area (Å²) in [5, 5.41) is 23.3. The van der Waals surface area contributed by atoms with E-state index in [1.54, 1.807) is 19.3 Å². The van der Waals surface area contributed by atoms with Crippen LogP contribution in [-0.4, -0.2) is 107 Å². The van der Waals surface area contributed by atoms with Crippen LogP contribution >= 0.6 is 21.6 Å². The van der Waals surface area contributed by atoms with E-state index in [1.165, 1.54) is 57.7 Å². The number of pyridine rings is 1. The molecule has 2 aliphatic rings. The molecule has 5 rings (SSSR count). The molecule has 2 atom stereocenters. The number of benzene rings is 2. The van der Waals surface area contributed by atoms with Crippen molar-refractivity contribution in [1.82, 2.24) is 14.8 Å². The average Bonchev–Trinajstić information content (AvgIpc) is 3.13. The van der Waals surface area contributed by atoms with Gasteiger partial charge in [0.15, 0.2) is 18.2 Å². The van der Waals surface area contributed by atoms with E-state index in [9.17, 15) is 34.2 Å². The third kappa shape index (κ3) is 7.68. The van der Waals surface area contributed by atoms with Gasteiger partial charge in [-0.25, -0.2) is 14.6 Å². The van der Waals surface area contributed by atoms with E-state index in [4.69, 9.17) is 14.2 Å². The number of methoxy groups -OCH3 is 1. The number of amides is 2. The number of aromatic hydroxyl groups is 2. The molecule has 2 N–H and O–H groups in total. The maximum Gasteiger partial charge on any atom is 0.409 e. The summed E-state index contributed by atoms with van der Waals surface area (Å²) >= 11 is 0. The van der Waals surface area contributed by atoms with Crippen molar-refractivity contribution in [3.05, 3.63) is 76.0 Å². The number of likely N-dealkylation sites (N-methyl/N-ethyl adjacent to an activating group) is 2. The van der Waals surface area contributed by atoms with Crippen LogP contribution in [0.1, 0.15) is 56.3 Å². The highest BCUT2D eigenvalue weighted by Crippen LogP contribution is 2.47. The highest BCUT2D eigenvalue weighted by molar-refractivity contribution is 8.76. The second kappa shape index (κ2) is 15.9. The van der Waals surface area contributed by atoms with Crippen molar-refractivity contribution in [2.75, 3.05) is 47.5 Å². The van der Waals surface area contributed by atoms with E-state index in [1.807, 2.05) is 25.1 Å². The average molecular weight is 724 g/mol. The van der Waals surface area contributed by atoms with Gasteiger partial charge in [-0.3, -0.25) is 14.4 Å². The first kappa shape index (κ1) is 36.5. The summed E-state index contributed by atoms with van der Waals surface area (Å²) in [6, 6.07) is 10.2. The highest BCUT2D eigenvalue weighted by atomic mass is 33.1. The third-order valence-electron chi connectivity index (χ3n) is 8.59. The molecule has 3 aromatic rings. The zero-order valence-corrected chi connectivity index (χ0v) is 29.6. The number of carbonyl (C=O) groups excluding carboxylic acids is 5. The van der Waals surface area contributed by atoms with E-state index in [2.05, 4.69) is 4.98 Å². The van der Waals surface area contributed by atoms with Gasteiger partial charge in [0.1, 0.15) is 28.9 Å². The summed E-state index contributed by atoms with van der Waals surface area (Å²) in [5.41, 5.74) is -0.0410. The summed E-state index contributed by atoms with van der Waals surface area (Å²) < 4.78 is 15.9. The lowest BCUT2D eigenvalue weighted by Crippen LogP contribution is -2.39. The minimum Gasteiger partial charge on any atom is -0.507 e. The molecule has 0 aliphatic heterocycles. The van der Waals surface area contributed by atoms with Gasteiger partial charge in [-0.2, -0.15) is 0 Å². The standard InChI is InChI=1S/C35H37N3O10S2/c1-19(49-50-26-10-5-6-13-36-26)17-47-34(44)37(2)14-15-38(3)35(45)48-18-24(39)20-11-12-21-23(16-20)32(42)28-29(30(21)40)33(43)27-22(31(28)41)8-7-9-25(27)46-4/h5-10,13,19-20,40,42H,11-12,14-18H2,1-4H3/t19?,20-/m0/s1. The van der Waals surface area contributed by atoms with Gasteiger partial charge in [0, 0.05) is 61.2 Å². The number of phenolic OH excluding ortho intramolecular Hbond substituents is 2. The Bertz CT molecular complexity index is 1820. The van der Waals surface area contributed by atoms with Crippen LogP contribution in [0.5, 0.6) is 17.2 Å². The topological polar surface area (TPSA) is 173 Å². The quantitative estimate of drug-likeness (QED) is 0.149. The summed E-state index contributed by atoms with van der Waals surface area (Å²) in [6.07, 6.45) is 0.796. The number of Topliss-reactive ketones (excluding diaryl/α,β-unsaturated/α-hetero) is 1. The molecule has 2 aliphatic carbocycles. The number of nitrogens with zero attached hydrogens (tertiary/aromatic N) is 3. The van der Waals surface area contributed by atoms with Gasteiger partial charge in [-0.15, -0.1) is 0 Å². The first-order chi connectivity index (χ1) is 23.9. The van der Waals surface area contributed by atoms with Gasteiger partial charge in [0.05, 0.1) is 23.8 Å². The van der Waals surface area contributed by atoms with Crippen LogP contribution in [0.2, 0.25) is 0 Å². The molecule has 2 amide bonds. The molecule has 0 spiro atoms. The maximum atomic E-state index is 13.5. The lowest BCUT2D eigenvalue weighted by atomic mass is 9.75. The van der Waals surface area contributed by atoms with Crippen LogP contribution in [-0.2, 0) is 27.1 Å². The van der Waals surface area contributed by atoms with Gasteiger partial charge >= 0.3 is 12.2 Å². The number of fused-ring (bicyclic) bond motifs is 3. The first-order valence-corrected chi connectivity index (χ1v) is 18.0. The number of aromatic nitrogens is 1. The van der Waals surface area contributed by atoms with Crippen molar-refractivity contribution < 1.29 is 48.4 Å². The zero-order chi connectivity index (χ0) is 36.1. The van der Waals surface area contributed by atoms with Gasteiger partial charge in [0.25, 0.3) is 0 Å². The maximum absolute atomic E-state index is 13.5. The van der Waals surface area contributed by atoms with Gasteiger partial charge in [0.2, 0.25) is 5.78 Å². The minimum atomic E-state index is -0.763. The van der Waals surface area contributed by atoms with E-state index in [0.717, 1.165) is 5.03 Å². The van der Waals surface area contributed by atoms with Crippen molar-refractivity contribution >= 4 is 51.1 Å². The van der Waals surface area contributed by atoms with Crippen LogP contribution in [0.15, 0.2) is 47.6 Å². The monoisotopic (exact) mass is 723 g/mol. The largest absolute Gasteiger partial charge is 0.507 e. The molecule has 0 fully saturated rings. The van der Waals surface area contributed by atoms with Crippen LogP contribution in [0.3, 0.4) is 0 Å². The van der Waals surface area contributed by atoms with E-state index >= 15 is 0 Å². The van der Waals surface area contributed by atoms with Gasteiger partial charge in [-0.1, -0.05) is 29.0 Å². The molecular weight excluding hydrogens is 687 g/mol. The molecule has 1 unspecified atom stereocenters. The second-order valence-electron chi connectivity index (χ2n) is 12.0. The van der Waals surface area contributed by atoms with Crippen molar-refractivity contribution in [2.45, 2.75) is 36.5 Å². The molecule has 1 aromatic heterocycles. The van der Waals surface area contributed by atoms with Crippen molar-refractivity contribution in [2.24, 2.45) is 5.92 Å². The van der Waals surface area contributed by atoms with Crippen LogP contribution in [0.4, 0.5) is 9.59 Å². The second-order valence-corrected chi connectivity index (χ2v) is 14.6. The highest BCUT2D eigenvalue weighted by Gasteiger charge is 2.41. The number of phenols is 2. The lowest BCUT2D eigenvalue weighted by molar-refractivity contribution is -0.126.